The number of para-hydroxylation sites is 1. The highest BCUT2D eigenvalue weighted by Gasteiger charge is 2.34. The van der Waals surface area contributed by atoms with Crippen molar-refractivity contribution < 1.29 is 14.7 Å². The first-order valence-corrected chi connectivity index (χ1v) is 4.45. The molecule has 1 aliphatic rings. The first-order chi connectivity index (χ1) is 7.16. The van der Waals surface area contributed by atoms with E-state index in [9.17, 15) is 9.59 Å². The van der Waals surface area contributed by atoms with Crippen molar-refractivity contribution in [2.24, 2.45) is 0 Å². The number of hydrogen-bond donors (Lipinski definition) is 1. The molecule has 1 aromatic carbocycles. The lowest BCUT2D eigenvalue weighted by molar-refractivity contribution is -0.116. The molecule has 76 valence electrons. The van der Waals surface area contributed by atoms with Crippen molar-refractivity contribution in [3.63, 3.8) is 0 Å². The van der Waals surface area contributed by atoms with E-state index in [2.05, 4.69) is 0 Å². The summed E-state index contributed by atoms with van der Waals surface area (Å²) in [7, 11) is 0. The number of hydrogen-bond acceptors (Lipinski definition) is 3. The lowest BCUT2D eigenvalue weighted by atomic mass is 10.1. The highest BCUT2D eigenvalue weighted by Crippen LogP contribution is 2.33. The number of fused-ring (bicyclic) bond motifs is 1. The topological polar surface area (TPSA) is 57.6 Å². The van der Waals surface area contributed by atoms with Crippen molar-refractivity contribution in [3.05, 3.63) is 41.8 Å². The largest absolute Gasteiger partial charge is 0.513 e. The van der Waals surface area contributed by atoms with E-state index in [0.29, 0.717) is 17.5 Å². The summed E-state index contributed by atoms with van der Waals surface area (Å²) in [5.74, 6) is -0.628. The Hall–Kier alpha value is -2.10. The van der Waals surface area contributed by atoms with Gasteiger partial charge < -0.3 is 5.11 Å². The standard InChI is InChI=1S/C11H9NO3/c1-7(14)12-9-5-3-2-4-8(9)11(15)10(12)6-13/h2-6,13H,1H3/b10-6+. The summed E-state index contributed by atoms with van der Waals surface area (Å²) >= 11 is 0. The molecule has 4 nitrogen and oxygen atoms in total. The smallest absolute Gasteiger partial charge is 0.228 e. The third-order valence-electron chi connectivity index (χ3n) is 2.30. The van der Waals surface area contributed by atoms with Crippen molar-refractivity contribution in [2.45, 2.75) is 6.92 Å². The summed E-state index contributed by atoms with van der Waals surface area (Å²) in [4.78, 5) is 24.3. The number of amides is 1. The van der Waals surface area contributed by atoms with Crippen LogP contribution in [-0.4, -0.2) is 16.8 Å². The van der Waals surface area contributed by atoms with Gasteiger partial charge in [-0.05, 0) is 12.1 Å². The lowest BCUT2D eigenvalue weighted by Gasteiger charge is -2.14. The van der Waals surface area contributed by atoms with Crippen LogP contribution in [0.25, 0.3) is 0 Å². The Labute approximate surface area is 86.4 Å². The third kappa shape index (κ3) is 1.22. The highest BCUT2D eigenvalue weighted by molar-refractivity contribution is 6.24. The molecule has 4 heteroatoms. The molecule has 0 saturated heterocycles. The van der Waals surface area contributed by atoms with Crippen LogP contribution >= 0.6 is 0 Å². The van der Waals surface area contributed by atoms with Crippen molar-refractivity contribution >= 4 is 17.4 Å². The molecule has 0 atom stereocenters. The Morgan fingerprint density at radius 2 is 2.07 bits per heavy atom. The van der Waals surface area contributed by atoms with Gasteiger partial charge in [0.25, 0.3) is 0 Å². The molecule has 0 aromatic heterocycles. The van der Waals surface area contributed by atoms with E-state index in [4.69, 9.17) is 5.11 Å². The number of rotatable bonds is 0. The maximum absolute atomic E-state index is 11.7. The van der Waals surface area contributed by atoms with Crippen molar-refractivity contribution in [2.75, 3.05) is 4.90 Å². The summed E-state index contributed by atoms with van der Waals surface area (Å²) in [5.41, 5.74) is 0.965. The molecule has 1 amide bonds. The molecule has 0 spiro atoms. The lowest BCUT2D eigenvalue weighted by Crippen LogP contribution is -2.25. The van der Waals surface area contributed by atoms with Crippen LogP contribution in [-0.2, 0) is 4.79 Å². The second-order valence-corrected chi connectivity index (χ2v) is 3.22. The van der Waals surface area contributed by atoms with E-state index in [0.717, 1.165) is 0 Å². The monoisotopic (exact) mass is 203 g/mol. The predicted molar refractivity (Wildman–Crippen MR) is 54.6 cm³/mol. The van der Waals surface area contributed by atoms with Crippen LogP contribution in [0.4, 0.5) is 5.69 Å². The van der Waals surface area contributed by atoms with Gasteiger partial charge >= 0.3 is 0 Å². The molecule has 1 aromatic rings. The van der Waals surface area contributed by atoms with Gasteiger partial charge in [-0.15, -0.1) is 0 Å². The Kier molecular flexibility index (Phi) is 2.04. The van der Waals surface area contributed by atoms with Gasteiger partial charge in [-0.25, -0.2) is 0 Å². The number of anilines is 1. The minimum atomic E-state index is -0.330. The molecular weight excluding hydrogens is 194 g/mol. The Balaban J connectivity index is 2.66. The number of nitrogens with zero attached hydrogens (tertiary/aromatic N) is 1. The minimum Gasteiger partial charge on any atom is -0.513 e. The predicted octanol–water partition coefficient (Wildman–Crippen LogP) is 1.64. The second-order valence-electron chi connectivity index (χ2n) is 3.22. The summed E-state index contributed by atoms with van der Waals surface area (Å²) in [5, 5.41) is 8.95. The van der Waals surface area contributed by atoms with Crippen LogP contribution in [0.1, 0.15) is 17.3 Å². The summed E-state index contributed by atoms with van der Waals surface area (Å²) in [6, 6.07) is 6.76. The average Bonchev–Trinajstić information content (AvgIpc) is 2.52. The fraction of sp³-hybridized carbons (Fsp3) is 0.0909. The molecule has 1 heterocycles. The fourth-order valence-corrected chi connectivity index (χ4v) is 1.69. The van der Waals surface area contributed by atoms with Gasteiger partial charge in [0.2, 0.25) is 11.7 Å². The number of ketones is 1. The van der Waals surface area contributed by atoms with Crippen LogP contribution in [0, 0.1) is 0 Å². The van der Waals surface area contributed by atoms with Crippen molar-refractivity contribution in [1.82, 2.24) is 0 Å². The van der Waals surface area contributed by atoms with E-state index < -0.39 is 0 Å². The summed E-state index contributed by atoms with van der Waals surface area (Å²) in [6.45, 7) is 1.35. The van der Waals surface area contributed by atoms with Crippen LogP contribution in [0.3, 0.4) is 0 Å². The number of aliphatic hydroxyl groups excluding tert-OH is 1. The quantitative estimate of drug-likeness (QED) is 0.515. The summed E-state index contributed by atoms with van der Waals surface area (Å²) in [6.07, 6.45) is 0.670. The highest BCUT2D eigenvalue weighted by atomic mass is 16.2. The zero-order chi connectivity index (χ0) is 11.0. The molecule has 0 radical (unpaired) electrons. The average molecular weight is 203 g/mol. The van der Waals surface area contributed by atoms with Gasteiger partial charge in [0.1, 0.15) is 12.0 Å². The Morgan fingerprint density at radius 3 is 2.67 bits per heavy atom. The molecule has 0 fully saturated rings. The zero-order valence-electron chi connectivity index (χ0n) is 8.10. The molecule has 0 bridgehead atoms. The maximum Gasteiger partial charge on any atom is 0.228 e. The van der Waals surface area contributed by atoms with E-state index in [1.54, 1.807) is 24.3 Å². The van der Waals surface area contributed by atoms with E-state index in [-0.39, 0.29) is 17.4 Å². The third-order valence-corrected chi connectivity index (χ3v) is 2.30. The van der Waals surface area contributed by atoms with Crippen LogP contribution < -0.4 is 4.90 Å². The number of Topliss-reactive ketones (excluding diaryl/α,β-unsaturated/α-hetero) is 1. The van der Waals surface area contributed by atoms with Crippen molar-refractivity contribution in [1.29, 1.82) is 0 Å². The SMILES string of the molecule is CC(=O)N1/C(=C/O)C(=O)c2ccccc21. The molecule has 0 unspecified atom stereocenters. The number of carbonyl (C=O) groups is 2. The first-order valence-electron chi connectivity index (χ1n) is 4.45. The zero-order valence-corrected chi connectivity index (χ0v) is 8.10. The molecule has 2 rings (SSSR count). The molecule has 15 heavy (non-hydrogen) atoms. The molecular formula is C11H9NO3. The van der Waals surface area contributed by atoms with Crippen LogP contribution in [0.15, 0.2) is 36.2 Å². The number of aliphatic hydroxyl groups is 1. The van der Waals surface area contributed by atoms with Gasteiger partial charge in [-0.2, -0.15) is 0 Å². The Morgan fingerprint density at radius 1 is 1.40 bits per heavy atom. The maximum atomic E-state index is 11.7. The Bertz CT molecular complexity index is 476. The van der Waals surface area contributed by atoms with Gasteiger partial charge in [-0.1, -0.05) is 12.1 Å². The summed E-state index contributed by atoms with van der Waals surface area (Å²) < 4.78 is 0. The fourth-order valence-electron chi connectivity index (χ4n) is 1.69. The van der Waals surface area contributed by atoms with E-state index in [1.807, 2.05) is 0 Å². The molecule has 0 aliphatic carbocycles. The minimum absolute atomic E-state index is 0.00343. The van der Waals surface area contributed by atoms with Crippen LogP contribution in [0.5, 0.6) is 0 Å². The van der Waals surface area contributed by atoms with E-state index in [1.165, 1.54) is 11.8 Å². The van der Waals surface area contributed by atoms with Gasteiger partial charge in [0.15, 0.2) is 0 Å². The van der Waals surface area contributed by atoms with Crippen LogP contribution in [0.2, 0.25) is 0 Å². The van der Waals surface area contributed by atoms with Gasteiger partial charge in [0.05, 0.1) is 5.69 Å². The first kappa shape index (κ1) is 9.45. The van der Waals surface area contributed by atoms with E-state index >= 15 is 0 Å². The molecule has 0 saturated carbocycles. The molecule has 1 aliphatic heterocycles. The van der Waals surface area contributed by atoms with Crippen molar-refractivity contribution in [3.8, 4) is 0 Å². The molecule has 1 N–H and O–H groups in total. The number of benzene rings is 1. The number of carbonyl (C=O) groups excluding carboxylic acids is 2. The normalized spacial score (nSPS) is 17.0. The number of allylic oxidation sites excluding steroid dienone is 1. The van der Waals surface area contributed by atoms with Gasteiger partial charge in [-0.3, -0.25) is 14.5 Å². The second kappa shape index (κ2) is 3.24. The van der Waals surface area contributed by atoms with Gasteiger partial charge in [0, 0.05) is 12.5 Å².